The predicted octanol–water partition coefficient (Wildman–Crippen LogP) is -1.65. The fourth-order valence-electron chi connectivity index (χ4n) is 0. The molecule has 0 aliphatic rings. The molecule has 0 N–H and O–H groups in total. The minimum Gasteiger partial charge on any atom is 1.00 e. The smallest absolute Gasteiger partial charge is 1.00 e. The minimum atomic E-state index is 0. The van der Waals surface area contributed by atoms with Crippen molar-refractivity contribution < 1.29 is 35.9 Å². The topological polar surface area (TPSA) is 0 Å². The van der Waals surface area contributed by atoms with Gasteiger partial charge >= 0.3 is 35.9 Å². The van der Waals surface area contributed by atoms with E-state index in [4.69, 9.17) is 0 Å². The molecule has 0 bridgehead atoms. The molecule has 0 aromatic rings. The Morgan fingerprint density at radius 1 is 1.50 bits per heavy atom. The van der Waals surface area contributed by atoms with Gasteiger partial charge in [0.2, 0.25) is 0 Å². The van der Waals surface area contributed by atoms with Gasteiger partial charge in [-0.25, -0.2) is 0 Å². The summed E-state index contributed by atoms with van der Waals surface area (Å²) in [5.41, 5.74) is 0. The molecular weight excluding hydrogens is 119 g/mol. The van der Waals surface area contributed by atoms with Crippen LogP contribution in [0.15, 0.2) is 0 Å². The van der Waals surface area contributed by atoms with Crippen molar-refractivity contribution in [2.45, 2.75) is 19.8 Å². The van der Waals surface area contributed by atoms with Gasteiger partial charge in [0.25, 0.3) is 0 Å². The van der Waals surface area contributed by atoms with Gasteiger partial charge in [-0.1, -0.05) is 13.3 Å². The van der Waals surface area contributed by atoms with Crippen molar-refractivity contribution >= 4 is 0 Å². The van der Waals surface area contributed by atoms with Crippen LogP contribution in [0.4, 0.5) is 0 Å². The SMILES string of the molecule is [CH2-]CCC.[CuH].[Li+]. The minimum absolute atomic E-state index is 0. The summed E-state index contributed by atoms with van der Waals surface area (Å²) in [4.78, 5) is 0. The van der Waals surface area contributed by atoms with Crippen molar-refractivity contribution in [2.24, 2.45) is 0 Å². The summed E-state index contributed by atoms with van der Waals surface area (Å²) in [6.45, 7) is 5.72. The Hall–Kier alpha value is 1.12. The number of rotatable bonds is 1. The molecule has 0 fully saturated rings. The average Bonchev–Trinajstić information content (AvgIpc) is 1.37. The zero-order valence-electron chi connectivity index (χ0n) is 4.44. The summed E-state index contributed by atoms with van der Waals surface area (Å²) in [5.74, 6) is 0. The van der Waals surface area contributed by atoms with E-state index in [2.05, 4.69) is 13.8 Å². The largest absolute Gasteiger partial charge is 1.00 e. The van der Waals surface area contributed by atoms with Gasteiger partial charge in [0.15, 0.2) is 0 Å². The Morgan fingerprint density at radius 2 is 1.67 bits per heavy atom. The molecule has 38 valence electrons. The second-order valence-corrected chi connectivity index (χ2v) is 0.854. The number of unbranched alkanes of at least 4 members (excludes halogenated alkanes) is 1. The Labute approximate surface area is 62.7 Å². The second-order valence-electron chi connectivity index (χ2n) is 0.854. The third-order valence-corrected chi connectivity index (χ3v) is 0.354. The van der Waals surface area contributed by atoms with Gasteiger partial charge in [-0.15, -0.1) is 0 Å². The van der Waals surface area contributed by atoms with Crippen LogP contribution in [-0.2, 0) is 17.1 Å². The summed E-state index contributed by atoms with van der Waals surface area (Å²) < 4.78 is 0. The van der Waals surface area contributed by atoms with Crippen LogP contribution in [0.3, 0.4) is 0 Å². The van der Waals surface area contributed by atoms with Crippen LogP contribution in [0.25, 0.3) is 0 Å². The first-order chi connectivity index (χ1) is 1.91. The first-order valence-corrected chi connectivity index (χ1v) is 1.71. The van der Waals surface area contributed by atoms with Gasteiger partial charge < -0.3 is 6.92 Å². The molecule has 0 saturated heterocycles. The van der Waals surface area contributed by atoms with Crippen molar-refractivity contribution in [2.75, 3.05) is 0 Å². The van der Waals surface area contributed by atoms with E-state index < -0.39 is 0 Å². The first kappa shape index (κ1) is 15.7. The molecule has 2 heteroatoms. The summed E-state index contributed by atoms with van der Waals surface area (Å²) >= 11 is 0. The molecule has 1 radical (unpaired) electrons. The molecule has 0 unspecified atom stereocenters. The molecule has 0 nitrogen and oxygen atoms in total. The number of hydrogen-bond acceptors (Lipinski definition) is 0. The molecule has 0 aliphatic heterocycles. The zero-order valence-corrected chi connectivity index (χ0v) is 5.43. The fourth-order valence-corrected chi connectivity index (χ4v) is 0. The molecule has 0 heterocycles. The third-order valence-electron chi connectivity index (χ3n) is 0.354. The summed E-state index contributed by atoms with van der Waals surface area (Å²) in [6.07, 6.45) is 2.28. The summed E-state index contributed by atoms with van der Waals surface area (Å²) in [7, 11) is 0. The van der Waals surface area contributed by atoms with Crippen LogP contribution >= 0.6 is 0 Å². The normalized spacial score (nSPS) is 5.00. The predicted molar refractivity (Wildman–Crippen MR) is 21.7 cm³/mol. The Bertz CT molecular complexity index is 9.51. The van der Waals surface area contributed by atoms with Gasteiger partial charge in [-0.2, -0.15) is 6.42 Å². The van der Waals surface area contributed by atoms with Crippen LogP contribution < -0.4 is 18.9 Å². The van der Waals surface area contributed by atoms with E-state index >= 15 is 0 Å². The standard InChI is InChI=1S/C4H9.Cu.Li.H/c1-3-4-2;;;/h1,3-4H2,2H3;;;/q-1;;+1;. The van der Waals surface area contributed by atoms with E-state index in [1.54, 1.807) is 0 Å². The van der Waals surface area contributed by atoms with Gasteiger partial charge in [-0.05, 0) is 0 Å². The maximum absolute atomic E-state index is 3.60. The van der Waals surface area contributed by atoms with Gasteiger partial charge in [0.05, 0.1) is 0 Å². The zero-order chi connectivity index (χ0) is 3.41. The first-order valence-electron chi connectivity index (χ1n) is 1.71. The van der Waals surface area contributed by atoms with Crippen molar-refractivity contribution in [3.05, 3.63) is 6.92 Å². The third kappa shape index (κ3) is 19.4. The van der Waals surface area contributed by atoms with E-state index in [0.717, 1.165) is 6.42 Å². The molecule has 0 rings (SSSR count). The van der Waals surface area contributed by atoms with Crippen LogP contribution in [0.2, 0.25) is 0 Å². The van der Waals surface area contributed by atoms with Crippen LogP contribution in [-0.4, -0.2) is 0 Å². The summed E-state index contributed by atoms with van der Waals surface area (Å²) in [5, 5.41) is 0. The molecule has 0 atom stereocenters. The van der Waals surface area contributed by atoms with E-state index in [-0.39, 0.29) is 35.9 Å². The Morgan fingerprint density at radius 3 is 1.67 bits per heavy atom. The van der Waals surface area contributed by atoms with E-state index in [1.807, 2.05) is 0 Å². The molecule has 0 saturated carbocycles. The molecule has 0 amide bonds. The van der Waals surface area contributed by atoms with Crippen molar-refractivity contribution in [1.29, 1.82) is 0 Å². The fraction of sp³-hybridized carbons (Fsp3) is 0.750. The van der Waals surface area contributed by atoms with Gasteiger partial charge in [0.1, 0.15) is 0 Å². The Balaban J connectivity index is -0.0000000450. The Kier molecular flexibility index (Phi) is 43.2. The molecule has 0 spiro atoms. The second kappa shape index (κ2) is 16.5. The van der Waals surface area contributed by atoms with Crippen LogP contribution in [0, 0.1) is 6.92 Å². The average molecular weight is 129 g/mol. The van der Waals surface area contributed by atoms with Crippen LogP contribution in [0.5, 0.6) is 0 Å². The molecule has 0 aromatic carbocycles. The maximum Gasteiger partial charge on any atom is 1.00 e. The van der Waals surface area contributed by atoms with Crippen LogP contribution in [0.1, 0.15) is 19.8 Å². The monoisotopic (exact) mass is 128 g/mol. The van der Waals surface area contributed by atoms with Crippen molar-refractivity contribution in [1.82, 2.24) is 0 Å². The van der Waals surface area contributed by atoms with E-state index in [1.165, 1.54) is 6.42 Å². The molecule has 6 heavy (non-hydrogen) atoms. The van der Waals surface area contributed by atoms with Gasteiger partial charge in [-0.3, -0.25) is 0 Å². The molecular formula is C4H10CuLi. The maximum atomic E-state index is 3.60. The number of hydrogen-bond donors (Lipinski definition) is 0. The molecule has 0 aromatic heterocycles. The van der Waals surface area contributed by atoms with Crippen molar-refractivity contribution in [3.63, 3.8) is 0 Å². The molecule has 0 aliphatic carbocycles. The summed E-state index contributed by atoms with van der Waals surface area (Å²) in [6, 6.07) is 0. The van der Waals surface area contributed by atoms with E-state index in [9.17, 15) is 0 Å². The van der Waals surface area contributed by atoms with E-state index in [0.29, 0.717) is 0 Å². The van der Waals surface area contributed by atoms with Gasteiger partial charge in [0, 0.05) is 0 Å². The quantitative estimate of drug-likeness (QED) is 0.294. The van der Waals surface area contributed by atoms with Crippen molar-refractivity contribution in [3.8, 4) is 0 Å².